The van der Waals surface area contributed by atoms with Crippen LogP contribution in [-0.2, 0) is 9.59 Å². The van der Waals surface area contributed by atoms with Gasteiger partial charge in [0.2, 0.25) is 11.6 Å². The second-order valence-electron chi connectivity index (χ2n) is 11.7. The summed E-state index contributed by atoms with van der Waals surface area (Å²) < 4.78 is 12.2. The predicted molar refractivity (Wildman–Crippen MR) is 119 cm³/mol. The standard InChI is InChI=1S/C28H28O4/c1-27-19-13-9-14(18-17(13)25(31-3)11-7-5-6-8-12(11)26(18)32-4)20(19)28(27,2)22-16-10-15(21(22)27)23(29)24(16)30/h5-8,13-16,19-22H,9-10H2,1-4H3/t13-,14+,15-,16-,19-,20+,21+,22-,27-,28+/m1/s1. The van der Waals surface area contributed by atoms with Crippen LogP contribution in [0.4, 0.5) is 0 Å². The van der Waals surface area contributed by atoms with Gasteiger partial charge in [-0.2, -0.15) is 0 Å². The number of fused-ring (bicyclic) bond motifs is 19. The fourth-order valence-electron chi connectivity index (χ4n) is 11.1. The molecular formula is C28H28O4. The molecule has 5 fully saturated rings. The minimum atomic E-state index is -0.0585. The van der Waals surface area contributed by atoms with Gasteiger partial charge in [0.25, 0.3) is 0 Å². The number of benzene rings is 2. The molecule has 4 bridgehead atoms. The maximum Gasteiger partial charge on any atom is 0.202 e. The van der Waals surface area contributed by atoms with Crippen molar-refractivity contribution in [1.29, 1.82) is 0 Å². The van der Waals surface area contributed by atoms with Gasteiger partial charge in [-0.15, -0.1) is 0 Å². The Kier molecular flexibility index (Phi) is 2.87. The smallest absolute Gasteiger partial charge is 0.202 e. The molecule has 10 atom stereocenters. The van der Waals surface area contributed by atoms with Crippen molar-refractivity contribution in [2.24, 2.45) is 46.3 Å². The molecule has 6 aliphatic rings. The van der Waals surface area contributed by atoms with E-state index in [1.54, 1.807) is 14.2 Å². The first-order valence-electron chi connectivity index (χ1n) is 12.2. The van der Waals surface area contributed by atoms with Crippen molar-refractivity contribution in [2.45, 2.75) is 38.5 Å². The predicted octanol–water partition coefficient (Wildman–Crippen LogP) is 4.73. The number of carbonyl (C=O) groups excluding carboxylic acids is 2. The summed E-state index contributed by atoms with van der Waals surface area (Å²) in [6.45, 7) is 4.91. The van der Waals surface area contributed by atoms with Crippen molar-refractivity contribution >= 4 is 22.3 Å². The zero-order valence-corrected chi connectivity index (χ0v) is 19.0. The van der Waals surface area contributed by atoms with Crippen molar-refractivity contribution in [1.82, 2.24) is 0 Å². The number of carbonyl (C=O) groups is 2. The molecule has 0 radical (unpaired) electrons. The molecule has 0 unspecified atom stereocenters. The summed E-state index contributed by atoms with van der Waals surface area (Å²) in [5.74, 6) is 4.78. The van der Waals surface area contributed by atoms with Crippen molar-refractivity contribution in [3.8, 4) is 11.5 Å². The highest BCUT2D eigenvalue weighted by molar-refractivity contribution is 6.41. The molecule has 5 saturated carbocycles. The fourth-order valence-corrected chi connectivity index (χ4v) is 11.1. The molecule has 4 heteroatoms. The summed E-state index contributed by atoms with van der Waals surface area (Å²) in [4.78, 5) is 25.3. The number of rotatable bonds is 2. The van der Waals surface area contributed by atoms with Crippen LogP contribution >= 0.6 is 0 Å². The SMILES string of the molecule is COc1c2c(c(OC)c3ccccc13)[C@@H]1C[C@H]2[C@@H]2[C@H]1[C@@]1(C)[C@H]3[C@H]([C@H]4C[C@H]3C(=O)C4=O)[C@@]21C. The van der Waals surface area contributed by atoms with E-state index in [1.165, 1.54) is 11.1 Å². The zero-order chi connectivity index (χ0) is 21.9. The molecule has 0 heterocycles. The summed E-state index contributed by atoms with van der Waals surface area (Å²) in [5, 5.41) is 2.27. The van der Waals surface area contributed by atoms with E-state index in [1.807, 2.05) is 0 Å². The van der Waals surface area contributed by atoms with Gasteiger partial charge < -0.3 is 9.47 Å². The number of ketones is 2. The third kappa shape index (κ3) is 1.42. The highest BCUT2D eigenvalue weighted by atomic mass is 16.5. The van der Waals surface area contributed by atoms with Gasteiger partial charge in [0.05, 0.1) is 14.2 Å². The summed E-state index contributed by atoms with van der Waals surface area (Å²) >= 11 is 0. The average Bonchev–Trinajstić information content (AvgIpc) is 3.54. The summed E-state index contributed by atoms with van der Waals surface area (Å²) in [5.41, 5.74) is 3.04. The Labute approximate surface area is 187 Å². The Morgan fingerprint density at radius 3 is 1.47 bits per heavy atom. The van der Waals surface area contributed by atoms with Crippen molar-refractivity contribution < 1.29 is 19.1 Å². The Morgan fingerprint density at radius 2 is 1.06 bits per heavy atom. The molecule has 2 aromatic rings. The highest BCUT2D eigenvalue weighted by Gasteiger charge is 2.90. The third-order valence-corrected chi connectivity index (χ3v) is 11.7. The second-order valence-corrected chi connectivity index (χ2v) is 11.7. The van der Waals surface area contributed by atoms with Crippen LogP contribution in [0.3, 0.4) is 0 Å². The molecule has 4 nitrogen and oxygen atoms in total. The van der Waals surface area contributed by atoms with E-state index < -0.39 is 0 Å². The summed E-state index contributed by atoms with van der Waals surface area (Å²) in [7, 11) is 3.59. The molecule has 6 aliphatic carbocycles. The molecule has 0 saturated heterocycles. The van der Waals surface area contributed by atoms with Crippen LogP contribution in [0.5, 0.6) is 11.5 Å². The molecule has 0 amide bonds. The second kappa shape index (κ2) is 5.08. The van der Waals surface area contributed by atoms with Crippen molar-refractivity contribution in [3.05, 3.63) is 35.4 Å². The van der Waals surface area contributed by atoms with Crippen molar-refractivity contribution in [2.75, 3.05) is 14.2 Å². The van der Waals surface area contributed by atoms with Gasteiger partial charge in [0.1, 0.15) is 11.5 Å². The molecule has 0 aliphatic heterocycles. The van der Waals surface area contributed by atoms with Crippen molar-refractivity contribution in [3.63, 3.8) is 0 Å². The minimum absolute atomic E-state index is 0.0110. The molecule has 8 rings (SSSR count). The Balaban J connectivity index is 1.35. The number of methoxy groups -OCH3 is 2. The molecular weight excluding hydrogens is 400 g/mol. The number of ether oxygens (including phenoxy) is 2. The van der Waals surface area contributed by atoms with Crippen LogP contribution in [0.1, 0.15) is 49.7 Å². The monoisotopic (exact) mass is 428 g/mol. The lowest BCUT2D eigenvalue weighted by Crippen LogP contribution is -2.81. The Hall–Kier alpha value is -2.36. The van der Waals surface area contributed by atoms with E-state index in [-0.39, 0.29) is 34.2 Å². The van der Waals surface area contributed by atoms with E-state index in [0.29, 0.717) is 35.5 Å². The summed E-state index contributed by atoms with van der Waals surface area (Å²) in [6, 6.07) is 8.44. The van der Waals surface area contributed by atoms with Gasteiger partial charge in [-0.25, -0.2) is 0 Å². The lowest BCUT2D eigenvalue weighted by Gasteiger charge is -2.83. The topological polar surface area (TPSA) is 52.6 Å². The van der Waals surface area contributed by atoms with E-state index >= 15 is 0 Å². The Morgan fingerprint density at radius 1 is 0.688 bits per heavy atom. The minimum Gasteiger partial charge on any atom is -0.496 e. The van der Waals surface area contributed by atoms with Crippen LogP contribution in [0.2, 0.25) is 0 Å². The van der Waals surface area contributed by atoms with Gasteiger partial charge >= 0.3 is 0 Å². The van der Waals surface area contributed by atoms with Gasteiger partial charge in [-0.3, -0.25) is 9.59 Å². The Bertz CT molecular complexity index is 1200. The number of Topliss-reactive ketones (excluding diaryl/α,β-unsaturated/α-hetero) is 2. The molecule has 164 valence electrons. The van der Waals surface area contributed by atoms with Gasteiger partial charge in [0.15, 0.2) is 0 Å². The molecule has 0 aromatic heterocycles. The molecule has 0 spiro atoms. The van der Waals surface area contributed by atoms with Crippen LogP contribution in [0.15, 0.2) is 24.3 Å². The molecule has 32 heavy (non-hydrogen) atoms. The number of hydrogen-bond acceptors (Lipinski definition) is 4. The maximum atomic E-state index is 12.7. The first kappa shape index (κ1) is 18.1. The van der Waals surface area contributed by atoms with Gasteiger partial charge in [-0.05, 0) is 59.2 Å². The van der Waals surface area contributed by atoms with E-state index in [4.69, 9.17) is 9.47 Å². The molecule has 2 aromatic carbocycles. The first-order chi connectivity index (χ1) is 15.4. The first-order valence-corrected chi connectivity index (χ1v) is 12.2. The summed E-state index contributed by atoms with van der Waals surface area (Å²) in [6.07, 6.45) is 1.96. The highest BCUT2D eigenvalue weighted by Crippen LogP contribution is 2.94. The largest absolute Gasteiger partial charge is 0.496 e. The van der Waals surface area contributed by atoms with E-state index in [9.17, 15) is 9.59 Å². The maximum absolute atomic E-state index is 12.7. The lowest BCUT2D eigenvalue weighted by atomic mass is 9.20. The zero-order valence-electron chi connectivity index (χ0n) is 19.0. The normalized spacial score (nSPS) is 48.1. The van der Waals surface area contributed by atoms with Crippen LogP contribution in [0.25, 0.3) is 10.8 Å². The number of hydrogen-bond donors (Lipinski definition) is 0. The van der Waals surface area contributed by atoms with Crippen LogP contribution in [0, 0.1) is 46.3 Å². The van der Waals surface area contributed by atoms with E-state index in [2.05, 4.69) is 38.1 Å². The quantitative estimate of drug-likeness (QED) is 0.512. The lowest BCUT2D eigenvalue weighted by molar-refractivity contribution is -0.353. The fraction of sp³-hybridized carbons (Fsp3) is 0.571. The van der Waals surface area contributed by atoms with Crippen LogP contribution in [-0.4, -0.2) is 25.8 Å². The molecule has 0 N–H and O–H groups in total. The third-order valence-electron chi connectivity index (χ3n) is 11.7. The van der Waals surface area contributed by atoms with E-state index in [0.717, 1.165) is 35.1 Å². The van der Waals surface area contributed by atoms with Gasteiger partial charge in [-0.1, -0.05) is 38.1 Å². The average molecular weight is 429 g/mol. The van der Waals surface area contributed by atoms with Gasteiger partial charge in [0, 0.05) is 33.7 Å². The van der Waals surface area contributed by atoms with Crippen LogP contribution < -0.4 is 9.47 Å².